The van der Waals surface area contributed by atoms with Crippen molar-refractivity contribution in [3.8, 4) is 0 Å². The van der Waals surface area contributed by atoms with Gasteiger partial charge in [-0.1, -0.05) is 30.3 Å². The van der Waals surface area contributed by atoms with Gasteiger partial charge in [-0.05, 0) is 29.0 Å². The van der Waals surface area contributed by atoms with E-state index in [4.69, 9.17) is 4.74 Å². The van der Waals surface area contributed by atoms with Crippen LogP contribution in [0.2, 0.25) is 0 Å². The van der Waals surface area contributed by atoms with Crippen molar-refractivity contribution in [3.63, 3.8) is 0 Å². The molecular formula is C15H14F3N5O3. The Labute approximate surface area is 145 Å². The topological polar surface area (TPSA) is 99.0 Å². The number of nitrogens with one attached hydrogen (secondary N) is 1. The zero-order valence-corrected chi connectivity index (χ0v) is 13.5. The van der Waals surface area contributed by atoms with Crippen molar-refractivity contribution in [1.82, 2.24) is 25.5 Å². The maximum Gasteiger partial charge on any atom is 0.405 e. The second-order valence-corrected chi connectivity index (χ2v) is 5.05. The molecule has 1 heterocycles. The van der Waals surface area contributed by atoms with Crippen LogP contribution in [-0.2, 0) is 14.3 Å². The molecular weight excluding hydrogens is 355 g/mol. The van der Waals surface area contributed by atoms with E-state index >= 15 is 0 Å². The van der Waals surface area contributed by atoms with Crippen molar-refractivity contribution in [2.75, 3.05) is 13.2 Å². The minimum absolute atomic E-state index is 0.0951. The van der Waals surface area contributed by atoms with E-state index in [1.807, 2.05) is 0 Å². The summed E-state index contributed by atoms with van der Waals surface area (Å²) in [6.07, 6.45) is -3.12. The van der Waals surface area contributed by atoms with Crippen LogP contribution in [0.15, 0.2) is 30.3 Å². The van der Waals surface area contributed by atoms with E-state index in [1.54, 1.807) is 42.6 Å². The van der Waals surface area contributed by atoms with E-state index in [0.29, 0.717) is 5.56 Å². The van der Waals surface area contributed by atoms with Crippen LogP contribution in [0.5, 0.6) is 0 Å². The molecule has 0 aliphatic carbocycles. The second-order valence-electron chi connectivity index (χ2n) is 5.05. The monoisotopic (exact) mass is 369 g/mol. The Morgan fingerprint density at radius 2 is 1.96 bits per heavy atom. The van der Waals surface area contributed by atoms with Crippen LogP contribution in [-0.4, -0.2) is 51.4 Å². The summed E-state index contributed by atoms with van der Waals surface area (Å²) in [5.41, 5.74) is 0.540. The lowest BCUT2D eigenvalue weighted by molar-refractivity contribution is -0.147. The van der Waals surface area contributed by atoms with Gasteiger partial charge in [-0.15, -0.1) is 5.10 Å². The Morgan fingerprint density at radius 3 is 2.54 bits per heavy atom. The van der Waals surface area contributed by atoms with Crippen molar-refractivity contribution in [3.05, 3.63) is 41.7 Å². The molecule has 1 amide bonds. The minimum Gasteiger partial charge on any atom is -0.451 e. The first-order valence-corrected chi connectivity index (χ1v) is 7.29. The number of hydrogen-bond acceptors (Lipinski definition) is 6. The highest BCUT2D eigenvalue weighted by Crippen LogP contribution is 2.14. The molecule has 1 aromatic heterocycles. The third-order valence-electron chi connectivity index (χ3n) is 2.99. The molecule has 0 saturated carbocycles. The standard InChI is InChI=1S/C15H14F3N5O3/c1-10-20-21-22-23(10)12(7-11-5-3-2-4-6-11)14(25)26-8-13(24)19-9-15(16,17)18/h2-7H,8-9H2,1H3,(H,19,24)/b12-7-. The molecule has 0 unspecified atom stereocenters. The average Bonchev–Trinajstić information content (AvgIpc) is 3.01. The van der Waals surface area contributed by atoms with Gasteiger partial charge in [0.1, 0.15) is 6.54 Å². The van der Waals surface area contributed by atoms with Crippen molar-refractivity contribution in [2.45, 2.75) is 13.1 Å². The number of tetrazole rings is 1. The highest BCUT2D eigenvalue weighted by atomic mass is 19.4. The molecule has 0 aliphatic heterocycles. The van der Waals surface area contributed by atoms with E-state index in [-0.39, 0.29) is 11.5 Å². The van der Waals surface area contributed by atoms with Crippen LogP contribution in [0, 0.1) is 6.92 Å². The SMILES string of the molecule is Cc1nnnn1/C(=C\c1ccccc1)C(=O)OCC(=O)NCC(F)(F)F. The van der Waals surface area contributed by atoms with Crippen molar-refractivity contribution < 1.29 is 27.5 Å². The van der Waals surface area contributed by atoms with Crippen LogP contribution in [0.3, 0.4) is 0 Å². The number of aryl methyl sites for hydroxylation is 1. The summed E-state index contributed by atoms with van der Waals surface area (Å²) in [5.74, 6) is -1.76. The Bertz CT molecular complexity index is 802. The summed E-state index contributed by atoms with van der Waals surface area (Å²) >= 11 is 0. The van der Waals surface area contributed by atoms with E-state index in [9.17, 15) is 22.8 Å². The number of hydrogen-bond donors (Lipinski definition) is 1. The predicted octanol–water partition coefficient (Wildman–Crippen LogP) is 1.20. The van der Waals surface area contributed by atoms with Gasteiger partial charge in [-0.25, -0.2) is 4.79 Å². The molecule has 0 radical (unpaired) electrons. The molecule has 26 heavy (non-hydrogen) atoms. The number of esters is 1. The Balaban J connectivity index is 2.11. The van der Waals surface area contributed by atoms with Crippen LogP contribution in [0.25, 0.3) is 11.8 Å². The van der Waals surface area contributed by atoms with E-state index in [1.165, 1.54) is 6.08 Å². The number of carbonyl (C=O) groups is 2. The summed E-state index contributed by atoms with van der Waals surface area (Å²) in [7, 11) is 0. The van der Waals surface area contributed by atoms with Crippen LogP contribution >= 0.6 is 0 Å². The van der Waals surface area contributed by atoms with Gasteiger partial charge in [0.2, 0.25) is 0 Å². The number of rotatable bonds is 6. The number of alkyl halides is 3. The summed E-state index contributed by atoms with van der Waals surface area (Å²) in [6, 6.07) is 8.69. The molecule has 0 aliphatic rings. The average molecular weight is 369 g/mol. The normalized spacial score (nSPS) is 11.9. The lowest BCUT2D eigenvalue weighted by atomic mass is 10.2. The molecule has 0 atom stereocenters. The predicted molar refractivity (Wildman–Crippen MR) is 83.2 cm³/mol. The zero-order valence-electron chi connectivity index (χ0n) is 13.5. The van der Waals surface area contributed by atoms with Gasteiger partial charge in [-0.2, -0.15) is 17.9 Å². The first-order chi connectivity index (χ1) is 12.3. The molecule has 1 N–H and O–H groups in total. The number of benzene rings is 1. The van der Waals surface area contributed by atoms with Gasteiger partial charge >= 0.3 is 12.1 Å². The van der Waals surface area contributed by atoms with Crippen molar-refractivity contribution >= 4 is 23.6 Å². The van der Waals surface area contributed by atoms with Gasteiger partial charge in [0.15, 0.2) is 18.1 Å². The molecule has 8 nitrogen and oxygen atoms in total. The molecule has 138 valence electrons. The number of carbonyl (C=O) groups excluding carboxylic acids is 2. The second kappa shape index (κ2) is 8.23. The number of amides is 1. The van der Waals surface area contributed by atoms with Gasteiger partial charge in [0, 0.05) is 0 Å². The molecule has 0 bridgehead atoms. The van der Waals surface area contributed by atoms with Gasteiger partial charge in [0.25, 0.3) is 5.91 Å². The largest absolute Gasteiger partial charge is 0.451 e. The van der Waals surface area contributed by atoms with Gasteiger partial charge in [-0.3, -0.25) is 4.79 Å². The maximum absolute atomic E-state index is 12.3. The van der Waals surface area contributed by atoms with Crippen LogP contribution in [0.1, 0.15) is 11.4 Å². The van der Waals surface area contributed by atoms with Crippen LogP contribution in [0.4, 0.5) is 13.2 Å². The fourth-order valence-electron chi connectivity index (χ4n) is 1.82. The number of ether oxygens (including phenoxy) is 1. The van der Waals surface area contributed by atoms with Gasteiger partial charge < -0.3 is 10.1 Å². The van der Waals surface area contributed by atoms with E-state index < -0.39 is 31.2 Å². The molecule has 2 rings (SSSR count). The van der Waals surface area contributed by atoms with Crippen molar-refractivity contribution in [1.29, 1.82) is 0 Å². The fourth-order valence-corrected chi connectivity index (χ4v) is 1.82. The third-order valence-corrected chi connectivity index (χ3v) is 2.99. The number of nitrogens with zero attached hydrogens (tertiary/aromatic N) is 4. The summed E-state index contributed by atoms with van der Waals surface area (Å²) in [6.45, 7) is -0.841. The molecule has 2 aromatic rings. The number of aromatic nitrogens is 4. The summed E-state index contributed by atoms with van der Waals surface area (Å²) < 4.78 is 42.1. The quantitative estimate of drug-likeness (QED) is 0.607. The first-order valence-electron chi connectivity index (χ1n) is 7.29. The maximum atomic E-state index is 12.3. The first kappa shape index (κ1) is 19.1. The lowest BCUT2D eigenvalue weighted by Crippen LogP contribution is -2.36. The van der Waals surface area contributed by atoms with Crippen molar-refractivity contribution in [2.24, 2.45) is 0 Å². The Kier molecular flexibility index (Phi) is 6.04. The Hall–Kier alpha value is -3.24. The smallest absolute Gasteiger partial charge is 0.405 e. The van der Waals surface area contributed by atoms with E-state index in [2.05, 4.69) is 15.5 Å². The summed E-state index contributed by atoms with van der Waals surface area (Å²) in [5, 5.41) is 12.4. The highest BCUT2D eigenvalue weighted by Gasteiger charge is 2.28. The fraction of sp³-hybridized carbons (Fsp3) is 0.267. The molecule has 0 spiro atoms. The van der Waals surface area contributed by atoms with Gasteiger partial charge in [0.05, 0.1) is 0 Å². The third kappa shape index (κ3) is 5.69. The Morgan fingerprint density at radius 1 is 1.27 bits per heavy atom. The lowest BCUT2D eigenvalue weighted by Gasteiger charge is -2.10. The minimum atomic E-state index is -4.55. The molecule has 0 fully saturated rings. The van der Waals surface area contributed by atoms with E-state index in [0.717, 1.165) is 4.68 Å². The molecule has 0 saturated heterocycles. The van der Waals surface area contributed by atoms with Crippen LogP contribution < -0.4 is 5.32 Å². The molecule has 1 aromatic carbocycles. The molecule has 11 heteroatoms. The highest BCUT2D eigenvalue weighted by molar-refractivity contribution is 6.15. The number of halogens is 3. The zero-order chi connectivity index (χ0) is 19.2. The summed E-state index contributed by atoms with van der Waals surface area (Å²) in [4.78, 5) is 23.7.